The van der Waals surface area contributed by atoms with Gasteiger partial charge >= 0.3 is 5.97 Å². The maximum Gasteiger partial charge on any atom is 0.303 e. The highest BCUT2D eigenvalue weighted by molar-refractivity contribution is 5.95. The number of nitrogens with zero attached hydrogens (tertiary/aromatic N) is 1. The van der Waals surface area contributed by atoms with Crippen LogP contribution in [0.3, 0.4) is 0 Å². The maximum absolute atomic E-state index is 12.2. The number of hydrogen-bond donors (Lipinski definition) is 2. The van der Waals surface area contributed by atoms with E-state index in [2.05, 4.69) is 23.7 Å². The van der Waals surface area contributed by atoms with Crippen molar-refractivity contribution in [3.05, 3.63) is 23.0 Å². The highest BCUT2D eigenvalue weighted by Crippen LogP contribution is 2.20. The summed E-state index contributed by atoms with van der Waals surface area (Å²) in [4.78, 5) is 22.8. The number of carbonyl (C=O) groups is 2. The van der Waals surface area contributed by atoms with Crippen molar-refractivity contribution in [3.63, 3.8) is 0 Å². The fourth-order valence-electron chi connectivity index (χ4n) is 2.53. The average molecular weight is 280 g/mol. The summed E-state index contributed by atoms with van der Waals surface area (Å²) in [6.07, 6.45) is 0.0608. The molecule has 1 heterocycles. The summed E-state index contributed by atoms with van der Waals surface area (Å²) < 4.78 is 2.12. The molecule has 1 atom stereocenters. The summed E-state index contributed by atoms with van der Waals surface area (Å²) in [6, 6.07) is 2.19. The molecule has 1 aromatic rings. The lowest BCUT2D eigenvalue weighted by Crippen LogP contribution is -2.29. The number of aromatic nitrogens is 1. The Morgan fingerprint density at radius 3 is 2.35 bits per heavy atom. The van der Waals surface area contributed by atoms with Crippen LogP contribution in [0.15, 0.2) is 6.07 Å². The predicted molar refractivity (Wildman–Crippen MR) is 78.0 cm³/mol. The van der Waals surface area contributed by atoms with Crippen LogP contribution in [-0.2, 0) is 4.79 Å². The molecule has 112 valence electrons. The van der Waals surface area contributed by atoms with Gasteiger partial charge in [-0.1, -0.05) is 6.92 Å². The van der Waals surface area contributed by atoms with Crippen molar-refractivity contribution in [1.29, 1.82) is 0 Å². The molecule has 2 N–H and O–H groups in total. The van der Waals surface area contributed by atoms with Crippen molar-refractivity contribution in [2.45, 2.75) is 47.1 Å². The highest BCUT2D eigenvalue weighted by Gasteiger charge is 2.17. The number of nitrogens with one attached hydrogen (secondary N) is 1. The largest absolute Gasteiger partial charge is 0.481 e. The van der Waals surface area contributed by atoms with Gasteiger partial charge in [0.05, 0.1) is 5.56 Å². The normalized spacial score (nSPS) is 12.5. The zero-order valence-electron chi connectivity index (χ0n) is 12.9. The van der Waals surface area contributed by atoms with E-state index in [1.807, 2.05) is 26.8 Å². The zero-order chi connectivity index (χ0) is 15.4. The molecule has 1 rings (SSSR count). The topological polar surface area (TPSA) is 71.3 Å². The van der Waals surface area contributed by atoms with E-state index in [4.69, 9.17) is 5.11 Å². The van der Waals surface area contributed by atoms with Crippen molar-refractivity contribution in [1.82, 2.24) is 9.88 Å². The first-order valence-electron chi connectivity index (χ1n) is 6.92. The van der Waals surface area contributed by atoms with E-state index >= 15 is 0 Å². The molecular formula is C15H24N2O3. The SMILES string of the molecule is Cc1cc(C(=O)NCC(C)CC(=O)O)c(C)n1C(C)C. The first-order chi connectivity index (χ1) is 9.23. The Morgan fingerprint density at radius 2 is 1.90 bits per heavy atom. The van der Waals surface area contributed by atoms with Gasteiger partial charge in [0.1, 0.15) is 0 Å². The molecule has 20 heavy (non-hydrogen) atoms. The van der Waals surface area contributed by atoms with Crippen LogP contribution in [0.25, 0.3) is 0 Å². The molecule has 5 nitrogen and oxygen atoms in total. The van der Waals surface area contributed by atoms with Gasteiger partial charge in [0.25, 0.3) is 5.91 Å². The Bertz CT molecular complexity index is 503. The number of amides is 1. The van der Waals surface area contributed by atoms with Crippen molar-refractivity contribution in [3.8, 4) is 0 Å². The van der Waals surface area contributed by atoms with Gasteiger partial charge < -0.3 is 15.0 Å². The standard InChI is InChI=1S/C15H24N2O3/c1-9(2)17-11(4)7-13(12(17)5)15(20)16-8-10(3)6-14(18)19/h7,9-10H,6,8H2,1-5H3,(H,16,20)(H,18,19). The number of carboxylic acid groups (broad SMARTS) is 1. The molecule has 0 aliphatic carbocycles. The molecule has 0 aliphatic heterocycles. The van der Waals surface area contributed by atoms with E-state index in [0.29, 0.717) is 18.2 Å². The number of aliphatic carboxylic acids is 1. The maximum atomic E-state index is 12.2. The predicted octanol–water partition coefficient (Wildman–Crippen LogP) is 2.53. The fourth-order valence-corrected chi connectivity index (χ4v) is 2.53. The molecule has 0 radical (unpaired) electrons. The van der Waals surface area contributed by atoms with Crippen LogP contribution in [0.1, 0.15) is 55.0 Å². The van der Waals surface area contributed by atoms with E-state index in [9.17, 15) is 9.59 Å². The molecule has 0 spiro atoms. The summed E-state index contributed by atoms with van der Waals surface area (Å²) in [5.74, 6) is -1.06. The molecule has 1 aromatic heterocycles. The Labute approximate surface area is 120 Å². The van der Waals surface area contributed by atoms with Gasteiger partial charge in [-0.3, -0.25) is 9.59 Å². The van der Waals surface area contributed by atoms with E-state index < -0.39 is 5.97 Å². The molecule has 0 fully saturated rings. The third kappa shape index (κ3) is 3.85. The quantitative estimate of drug-likeness (QED) is 0.841. The van der Waals surface area contributed by atoms with Gasteiger partial charge in [-0.2, -0.15) is 0 Å². The first kappa shape index (κ1) is 16.3. The van der Waals surface area contributed by atoms with Crippen LogP contribution in [0.5, 0.6) is 0 Å². The van der Waals surface area contributed by atoms with Crippen LogP contribution in [0, 0.1) is 19.8 Å². The number of aryl methyl sites for hydroxylation is 1. The van der Waals surface area contributed by atoms with Crippen molar-refractivity contribution in [2.75, 3.05) is 6.54 Å². The summed E-state index contributed by atoms with van der Waals surface area (Å²) in [5, 5.41) is 11.5. The molecule has 0 bridgehead atoms. The van der Waals surface area contributed by atoms with Crippen molar-refractivity contribution in [2.24, 2.45) is 5.92 Å². The smallest absolute Gasteiger partial charge is 0.303 e. The third-order valence-electron chi connectivity index (χ3n) is 3.38. The van der Waals surface area contributed by atoms with Crippen LogP contribution in [0.2, 0.25) is 0 Å². The van der Waals surface area contributed by atoms with Gasteiger partial charge in [-0.25, -0.2) is 0 Å². The molecule has 0 aliphatic rings. The summed E-state index contributed by atoms with van der Waals surface area (Å²) >= 11 is 0. The lowest BCUT2D eigenvalue weighted by molar-refractivity contribution is -0.137. The van der Waals surface area contributed by atoms with Gasteiger partial charge in [0, 0.05) is 30.4 Å². The van der Waals surface area contributed by atoms with Crippen molar-refractivity contribution < 1.29 is 14.7 Å². The Kier molecular flexibility index (Phi) is 5.36. The summed E-state index contributed by atoms with van der Waals surface area (Å²) in [7, 11) is 0. The van der Waals surface area contributed by atoms with Crippen LogP contribution in [-0.4, -0.2) is 28.1 Å². The van der Waals surface area contributed by atoms with Crippen LogP contribution >= 0.6 is 0 Å². The van der Waals surface area contributed by atoms with Crippen molar-refractivity contribution >= 4 is 11.9 Å². The molecular weight excluding hydrogens is 256 g/mol. The van der Waals surface area contributed by atoms with Gasteiger partial charge in [0.2, 0.25) is 0 Å². The molecule has 0 saturated heterocycles. The molecule has 5 heteroatoms. The second-order valence-corrected chi connectivity index (χ2v) is 5.66. The minimum Gasteiger partial charge on any atom is -0.481 e. The lowest BCUT2D eigenvalue weighted by Gasteiger charge is -2.14. The number of rotatable bonds is 6. The average Bonchev–Trinajstić information content (AvgIpc) is 2.60. The van der Waals surface area contributed by atoms with E-state index in [-0.39, 0.29) is 18.2 Å². The van der Waals surface area contributed by atoms with E-state index in [0.717, 1.165) is 11.4 Å². The van der Waals surface area contributed by atoms with Crippen LogP contribution in [0.4, 0.5) is 0 Å². The minimum atomic E-state index is -0.843. The Hall–Kier alpha value is -1.78. The fraction of sp³-hybridized carbons (Fsp3) is 0.600. The zero-order valence-corrected chi connectivity index (χ0v) is 12.9. The van der Waals surface area contributed by atoms with Gasteiger partial charge in [-0.05, 0) is 39.7 Å². The van der Waals surface area contributed by atoms with Gasteiger partial charge in [0.15, 0.2) is 0 Å². The molecule has 0 saturated carbocycles. The minimum absolute atomic E-state index is 0.0608. The van der Waals surface area contributed by atoms with E-state index in [1.165, 1.54) is 0 Å². The molecule has 0 aromatic carbocycles. The number of carboxylic acids is 1. The molecule has 1 unspecified atom stereocenters. The second kappa shape index (κ2) is 6.59. The highest BCUT2D eigenvalue weighted by atomic mass is 16.4. The van der Waals surface area contributed by atoms with Crippen LogP contribution < -0.4 is 5.32 Å². The lowest BCUT2D eigenvalue weighted by atomic mass is 10.1. The Morgan fingerprint density at radius 1 is 1.30 bits per heavy atom. The first-order valence-corrected chi connectivity index (χ1v) is 6.92. The number of hydrogen-bond acceptors (Lipinski definition) is 2. The van der Waals surface area contributed by atoms with E-state index in [1.54, 1.807) is 0 Å². The molecule has 1 amide bonds. The Balaban J connectivity index is 2.74. The monoisotopic (exact) mass is 280 g/mol. The summed E-state index contributed by atoms with van der Waals surface area (Å²) in [5.41, 5.74) is 2.67. The van der Waals surface area contributed by atoms with Gasteiger partial charge in [-0.15, -0.1) is 0 Å². The second-order valence-electron chi connectivity index (χ2n) is 5.66. The summed E-state index contributed by atoms with van der Waals surface area (Å²) in [6.45, 7) is 10.3. The third-order valence-corrected chi connectivity index (χ3v) is 3.38. The number of carbonyl (C=O) groups excluding carboxylic acids is 1.